The van der Waals surface area contributed by atoms with Crippen LogP contribution >= 0.6 is 0 Å². The lowest BCUT2D eigenvalue weighted by molar-refractivity contribution is 0.0746. The minimum absolute atomic E-state index is 0.281. The van der Waals surface area contributed by atoms with Gasteiger partial charge in [-0.1, -0.05) is 6.42 Å². The number of hydrogen-bond donors (Lipinski definition) is 2. The standard InChI is InChI=1S/C9H18N2O/c12-7-8-6-11-4-2-1-3-9(11)5-10-8/h8-10,12H,1-7H2/t8-,9-/m1/s1. The molecule has 2 rings (SSSR count). The van der Waals surface area contributed by atoms with Gasteiger partial charge in [-0.25, -0.2) is 0 Å². The van der Waals surface area contributed by atoms with Crippen molar-refractivity contribution in [2.24, 2.45) is 0 Å². The van der Waals surface area contributed by atoms with Gasteiger partial charge in [-0.3, -0.25) is 4.90 Å². The Balaban J connectivity index is 1.90. The molecule has 2 fully saturated rings. The molecule has 3 heteroatoms. The molecule has 2 heterocycles. The van der Waals surface area contributed by atoms with E-state index < -0.39 is 0 Å². The first-order valence-corrected chi connectivity index (χ1v) is 4.98. The highest BCUT2D eigenvalue weighted by Gasteiger charge is 2.28. The fraction of sp³-hybridized carbons (Fsp3) is 1.00. The van der Waals surface area contributed by atoms with Crippen LogP contribution in [0.15, 0.2) is 0 Å². The molecule has 0 amide bonds. The number of piperazine rings is 1. The Kier molecular flexibility index (Phi) is 2.63. The lowest BCUT2D eigenvalue weighted by Gasteiger charge is -2.42. The molecule has 0 radical (unpaired) electrons. The molecule has 0 unspecified atom stereocenters. The molecular formula is C9H18N2O. The van der Waals surface area contributed by atoms with Crippen LogP contribution < -0.4 is 5.32 Å². The number of fused-ring (bicyclic) bond motifs is 1. The summed E-state index contributed by atoms with van der Waals surface area (Å²) in [6.45, 7) is 3.64. The first-order valence-electron chi connectivity index (χ1n) is 4.98. The molecule has 0 aromatic carbocycles. The highest BCUT2D eigenvalue weighted by molar-refractivity contribution is 4.87. The van der Waals surface area contributed by atoms with Crippen LogP contribution in [0.2, 0.25) is 0 Å². The zero-order valence-electron chi connectivity index (χ0n) is 7.50. The van der Waals surface area contributed by atoms with Crippen LogP contribution in [-0.2, 0) is 0 Å². The summed E-state index contributed by atoms with van der Waals surface area (Å²) in [5.41, 5.74) is 0. The Morgan fingerprint density at radius 3 is 3.17 bits per heavy atom. The monoisotopic (exact) mass is 170 g/mol. The number of aliphatic hydroxyl groups is 1. The third-order valence-electron chi connectivity index (χ3n) is 3.07. The number of hydrogen-bond acceptors (Lipinski definition) is 3. The molecule has 3 nitrogen and oxygen atoms in total. The van der Waals surface area contributed by atoms with E-state index in [2.05, 4.69) is 10.2 Å². The smallest absolute Gasteiger partial charge is 0.0597 e. The van der Waals surface area contributed by atoms with Gasteiger partial charge < -0.3 is 10.4 Å². The SMILES string of the molecule is OC[C@H]1CN2CCCC[C@@H]2CN1. The Morgan fingerprint density at radius 1 is 1.42 bits per heavy atom. The van der Waals surface area contributed by atoms with E-state index >= 15 is 0 Å². The van der Waals surface area contributed by atoms with Crippen LogP contribution in [0.5, 0.6) is 0 Å². The van der Waals surface area contributed by atoms with Crippen molar-refractivity contribution >= 4 is 0 Å². The van der Waals surface area contributed by atoms with Crippen molar-refractivity contribution in [3.05, 3.63) is 0 Å². The van der Waals surface area contributed by atoms with Crippen molar-refractivity contribution in [3.8, 4) is 0 Å². The Labute approximate surface area is 73.8 Å². The molecule has 2 saturated heterocycles. The number of piperidine rings is 1. The Hall–Kier alpha value is -0.120. The average molecular weight is 170 g/mol. The quantitative estimate of drug-likeness (QED) is 0.572. The van der Waals surface area contributed by atoms with E-state index in [0.29, 0.717) is 6.04 Å². The van der Waals surface area contributed by atoms with Gasteiger partial charge in [0.15, 0.2) is 0 Å². The van der Waals surface area contributed by atoms with Crippen molar-refractivity contribution in [2.75, 3.05) is 26.2 Å². The summed E-state index contributed by atoms with van der Waals surface area (Å²) in [5.74, 6) is 0. The van der Waals surface area contributed by atoms with E-state index in [4.69, 9.17) is 5.11 Å². The lowest BCUT2D eigenvalue weighted by Crippen LogP contribution is -2.58. The third kappa shape index (κ3) is 1.63. The van der Waals surface area contributed by atoms with E-state index in [0.717, 1.165) is 19.1 Å². The van der Waals surface area contributed by atoms with Crippen LogP contribution in [0.3, 0.4) is 0 Å². The molecule has 2 N–H and O–H groups in total. The molecule has 0 aromatic heterocycles. The van der Waals surface area contributed by atoms with Crippen LogP contribution in [0, 0.1) is 0 Å². The maximum atomic E-state index is 8.99. The Bertz CT molecular complexity index is 151. The van der Waals surface area contributed by atoms with Crippen molar-refractivity contribution < 1.29 is 5.11 Å². The van der Waals surface area contributed by atoms with Crippen LogP contribution in [0.4, 0.5) is 0 Å². The van der Waals surface area contributed by atoms with Crippen molar-refractivity contribution in [2.45, 2.75) is 31.3 Å². The van der Waals surface area contributed by atoms with Gasteiger partial charge in [0, 0.05) is 25.2 Å². The Morgan fingerprint density at radius 2 is 2.33 bits per heavy atom. The summed E-state index contributed by atoms with van der Waals surface area (Å²) in [6.07, 6.45) is 4.06. The summed E-state index contributed by atoms with van der Waals surface area (Å²) >= 11 is 0. The van der Waals surface area contributed by atoms with Crippen LogP contribution in [0.1, 0.15) is 19.3 Å². The second kappa shape index (κ2) is 3.73. The van der Waals surface area contributed by atoms with Gasteiger partial charge in [-0.2, -0.15) is 0 Å². The van der Waals surface area contributed by atoms with Gasteiger partial charge in [0.1, 0.15) is 0 Å². The number of rotatable bonds is 1. The predicted octanol–water partition coefficient (Wildman–Crippen LogP) is -0.195. The lowest BCUT2D eigenvalue weighted by atomic mass is 9.98. The molecule has 0 spiro atoms. The first-order chi connectivity index (χ1) is 5.90. The second-order valence-corrected chi connectivity index (χ2v) is 3.93. The summed E-state index contributed by atoms with van der Waals surface area (Å²) in [7, 11) is 0. The topological polar surface area (TPSA) is 35.5 Å². The first kappa shape index (κ1) is 8.48. The molecule has 0 aliphatic carbocycles. The van der Waals surface area contributed by atoms with Gasteiger partial charge in [-0.15, -0.1) is 0 Å². The van der Waals surface area contributed by atoms with Gasteiger partial charge >= 0.3 is 0 Å². The van der Waals surface area contributed by atoms with Gasteiger partial charge in [0.2, 0.25) is 0 Å². The van der Waals surface area contributed by atoms with Crippen molar-refractivity contribution in [1.82, 2.24) is 10.2 Å². The molecule has 0 aromatic rings. The molecule has 0 bridgehead atoms. The maximum absolute atomic E-state index is 8.99. The van der Waals surface area contributed by atoms with E-state index in [1.807, 2.05) is 0 Å². The summed E-state index contributed by atoms with van der Waals surface area (Å²) in [5, 5.41) is 12.4. The minimum Gasteiger partial charge on any atom is -0.395 e. The van der Waals surface area contributed by atoms with Crippen LogP contribution in [-0.4, -0.2) is 48.3 Å². The van der Waals surface area contributed by atoms with Gasteiger partial charge in [0.25, 0.3) is 0 Å². The van der Waals surface area contributed by atoms with Gasteiger partial charge in [-0.05, 0) is 19.4 Å². The molecule has 2 atom stereocenters. The highest BCUT2D eigenvalue weighted by Crippen LogP contribution is 2.19. The largest absolute Gasteiger partial charge is 0.395 e. The summed E-state index contributed by atoms with van der Waals surface area (Å²) < 4.78 is 0. The predicted molar refractivity (Wildman–Crippen MR) is 48.1 cm³/mol. The zero-order chi connectivity index (χ0) is 8.39. The molecular weight excluding hydrogens is 152 g/mol. The molecule has 70 valence electrons. The zero-order valence-corrected chi connectivity index (χ0v) is 7.50. The fourth-order valence-electron chi connectivity index (χ4n) is 2.30. The molecule has 0 saturated carbocycles. The summed E-state index contributed by atoms with van der Waals surface area (Å²) in [6, 6.07) is 1.07. The molecule has 2 aliphatic rings. The minimum atomic E-state index is 0.281. The molecule has 12 heavy (non-hydrogen) atoms. The van der Waals surface area contributed by atoms with E-state index in [9.17, 15) is 0 Å². The van der Waals surface area contributed by atoms with Crippen LogP contribution in [0.25, 0.3) is 0 Å². The van der Waals surface area contributed by atoms with Crippen molar-refractivity contribution in [3.63, 3.8) is 0 Å². The third-order valence-corrected chi connectivity index (χ3v) is 3.07. The number of aliphatic hydroxyl groups excluding tert-OH is 1. The number of nitrogens with zero attached hydrogens (tertiary/aromatic N) is 1. The van der Waals surface area contributed by atoms with Gasteiger partial charge in [0.05, 0.1) is 6.61 Å². The highest BCUT2D eigenvalue weighted by atomic mass is 16.3. The van der Waals surface area contributed by atoms with Crippen molar-refractivity contribution in [1.29, 1.82) is 0 Å². The molecule has 2 aliphatic heterocycles. The van der Waals surface area contributed by atoms with E-state index in [1.54, 1.807) is 0 Å². The van der Waals surface area contributed by atoms with E-state index in [1.165, 1.54) is 25.8 Å². The second-order valence-electron chi connectivity index (χ2n) is 3.93. The van der Waals surface area contributed by atoms with E-state index in [-0.39, 0.29) is 6.61 Å². The maximum Gasteiger partial charge on any atom is 0.0597 e. The number of nitrogens with one attached hydrogen (secondary N) is 1. The summed E-state index contributed by atoms with van der Waals surface area (Å²) in [4.78, 5) is 2.53. The average Bonchev–Trinajstić information content (AvgIpc) is 2.17. The normalized spacial score (nSPS) is 37.8. The fourth-order valence-corrected chi connectivity index (χ4v) is 2.30.